The SMILES string of the molecule is COc1ccccc1N(C)c1ccc(C(C)O)cn1. The van der Waals surface area contributed by atoms with Gasteiger partial charge in [0.05, 0.1) is 18.9 Å². The fourth-order valence-electron chi connectivity index (χ4n) is 1.87. The molecule has 0 saturated carbocycles. The molecule has 0 aliphatic heterocycles. The molecule has 1 atom stereocenters. The van der Waals surface area contributed by atoms with E-state index in [4.69, 9.17) is 4.74 Å². The lowest BCUT2D eigenvalue weighted by Crippen LogP contribution is -2.12. The number of anilines is 2. The van der Waals surface area contributed by atoms with Gasteiger partial charge in [-0.15, -0.1) is 0 Å². The maximum atomic E-state index is 9.48. The van der Waals surface area contributed by atoms with Crippen molar-refractivity contribution in [3.63, 3.8) is 0 Å². The van der Waals surface area contributed by atoms with E-state index in [0.717, 1.165) is 22.8 Å². The fraction of sp³-hybridized carbons (Fsp3) is 0.267. The summed E-state index contributed by atoms with van der Waals surface area (Å²) in [5.41, 5.74) is 1.75. The van der Waals surface area contributed by atoms with Gasteiger partial charge in [-0.3, -0.25) is 0 Å². The van der Waals surface area contributed by atoms with E-state index in [1.807, 2.05) is 48.3 Å². The zero-order valence-electron chi connectivity index (χ0n) is 11.4. The minimum atomic E-state index is -0.502. The van der Waals surface area contributed by atoms with Crippen LogP contribution in [0.3, 0.4) is 0 Å². The second kappa shape index (κ2) is 5.71. The van der Waals surface area contributed by atoms with Crippen molar-refractivity contribution in [2.45, 2.75) is 13.0 Å². The van der Waals surface area contributed by atoms with Crippen molar-refractivity contribution in [2.75, 3.05) is 19.1 Å². The molecule has 2 rings (SSSR count). The molecule has 0 spiro atoms. The van der Waals surface area contributed by atoms with Crippen LogP contribution in [0, 0.1) is 0 Å². The standard InChI is InChI=1S/C15H18N2O2/c1-11(18)12-8-9-15(16-10-12)17(2)13-6-4-5-7-14(13)19-3/h4-11,18H,1-3H3. The molecule has 0 aliphatic rings. The van der Waals surface area contributed by atoms with Crippen LogP contribution in [0.4, 0.5) is 11.5 Å². The molecule has 1 heterocycles. The molecule has 0 aliphatic carbocycles. The van der Waals surface area contributed by atoms with E-state index in [9.17, 15) is 5.11 Å². The van der Waals surface area contributed by atoms with E-state index in [1.54, 1.807) is 20.2 Å². The van der Waals surface area contributed by atoms with E-state index in [2.05, 4.69) is 4.98 Å². The molecule has 1 aromatic carbocycles. The Hall–Kier alpha value is -2.07. The fourth-order valence-corrected chi connectivity index (χ4v) is 1.87. The zero-order valence-corrected chi connectivity index (χ0v) is 11.4. The third-order valence-corrected chi connectivity index (χ3v) is 3.04. The molecule has 0 radical (unpaired) electrons. The van der Waals surface area contributed by atoms with Crippen LogP contribution in [0.15, 0.2) is 42.6 Å². The van der Waals surface area contributed by atoms with Crippen molar-refractivity contribution in [3.05, 3.63) is 48.2 Å². The summed E-state index contributed by atoms with van der Waals surface area (Å²) in [7, 11) is 3.58. The quantitative estimate of drug-likeness (QED) is 0.916. The van der Waals surface area contributed by atoms with Gasteiger partial charge in [-0.2, -0.15) is 0 Å². The van der Waals surface area contributed by atoms with Crippen molar-refractivity contribution < 1.29 is 9.84 Å². The topological polar surface area (TPSA) is 45.6 Å². The lowest BCUT2D eigenvalue weighted by atomic mass is 10.2. The van der Waals surface area contributed by atoms with Gasteiger partial charge >= 0.3 is 0 Å². The number of benzene rings is 1. The van der Waals surface area contributed by atoms with Crippen LogP contribution >= 0.6 is 0 Å². The Morgan fingerprint density at radius 3 is 2.53 bits per heavy atom. The van der Waals surface area contributed by atoms with Crippen molar-refractivity contribution >= 4 is 11.5 Å². The Morgan fingerprint density at radius 1 is 1.21 bits per heavy atom. The summed E-state index contributed by atoms with van der Waals surface area (Å²) in [4.78, 5) is 6.31. The van der Waals surface area contributed by atoms with Crippen LogP contribution < -0.4 is 9.64 Å². The highest BCUT2D eigenvalue weighted by Gasteiger charge is 2.10. The first kappa shape index (κ1) is 13.4. The highest BCUT2D eigenvalue weighted by Crippen LogP contribution is 2.31. The average molecular weight is 258 g/mol. The van der Waals surface area contributed by atoms with Crippen LogP contribution in [0.1, 0.15) is 18.6 Å². The van der Waals surface area contributed by atoms with E-state index in [1.165, 1.54) is 0 Å². The molecule has 0 amide bonds. The second-order valence-corrected chi connectivity index (χ2v) is 4.36. The van der Waals surface area contributed by atoms with E-state index in [-0.39, 0.29) is 0 Å². The molecule has 1 N–H and O–H groups in total. The molecule has 1 unspecified atom stereocenters. The number of hydrogen-bond donors (Lipinski definition) is 1. The minimum Gasteiger partial charge on any atom is -0.495 e. The number of ether oxygens (including phenoxy) is 1. The molecule has 4 nitrogen and oxygen atoms in total. The molecule has 0 fully saturated rings. The van der Waals surface area contributed by atoms with Gasteiger partial charge in [0.25, 0.3) is 0 Å². The van der Waals surface area contributed by atoms with Gasteiger partial charge in [0, 0.05) is 13.2 Å². The highest BCUT2D eigenvalue weighted by atomic mass is 16.5. The third-order valence-electron chi connectivity index (χ3n) is 3.04. The Morgan fingerprint density at radius 2 is 1.95 bits per heavy atom. The van der Waals surface area contributed by atoms with Crippen LogP contribution in [0.2, 0.25) is 0 Å². The molecule has 100 valence electrons. The summed E-state index contributed by atoms with van der Waals surface area (Å²) in [6.07, 6.45) is 1.18. The van der Waals surface area contributed by atoms with Gasteiger partial charge in [0.2, 0.25) is 0 Å². The summed E-state index contributed by atoms with van der Waals surface area (Å²) < 4.78 is 5.34. The normalized spacial score (nSPS) is 12.0. The summed E-state index contributed by atoms with van der Waals surface area (Å²) in [6.45, 7) is 1.72. The predicted octanol–water partition coefficient (Wildman–Crippen LogP) is 2.91. The van der Waals surface area contributed by atoms with Crippen LogP contribution in [-0.2, 0) is 0 Å². The lowest BCUT2D eigenvalue weighted by molar-refractivity contribution is 0.199. The number of para-hydroxylation sites is 2. The van der Waals surface area contributed by atoms with Crippen molar-refractivity contribution in [2.24, 2.45) is 0 Å². The lowest BCUT2D eigenvalue weighted by Gasteiger charge is -2.21. The largest absolute Gasteiger partial charge is 0.495 e. The van der Waals surface area contributed by atoms with Gasteiger partial charge in [0.1, 0.15) is 11.6 Å². The first-order valence-electron chi connectivity index (χ1n) is 6.14. The highest BCUT2D eigenvalue weighted by molar-refractivity contribution is 5.66. The summed E-state index contributed by atoms with van der Waals surface area (Å²) >= 11 is 0. The molecule has 19 heavy (non-hydrogen) atoms. The molecule has 4 heteroatoms. The van der Waals surface area contributed by atoms with Gasteiger partial charge in [-0.05, 0) is 30.7 Å². The van der Waals surface area contributed by atoms with Gasteiger partial charge in [0.15, 0.2) is 0 Å². The third kappa shape index (κ3) is 2.85. The summed E-state index contributed by atoms with van der Waals surface area (Å²) in [5.74, 6) is 1.60. The Bertz CT molecular complexity index is 538. The first-order chi connectivity index (χ1) is 9.13. The molecule has 1 aromatic heterocycles. The predicted molar refractivity (Wildman–Crippen MR) is 75.9 cm³/mol. The number of methoxy groups -OCH3 is 1. The molecular formula is C15H18N2O2. The van der Waals surface area contributed by atoms with Crippen molar-refractivity contribution in [1.82, 2.24) is 4.98 Å². The monoisotopic (exact) mass is 258 g/mol. The maximum absolute atomic E-state index is 9.48. The number of aromatic nitrogens is 1. The number of rotatable bonds is 4. The van der Waals surface area contributed by atoms with E-state index in [0.29, 0.717) is 0 Å². The molecule has 2 aromatic rings. The smallest absolute Gasteiger partial charge is 0.142 e. The number of nitrogens with zero attached hydrogens (tertiary/aromatic N) is 2. The van der Waals surface area contributed by atoms with Crippen LogP contribution in [0.5, 0.6) is 5.75 Å². The number of hydrogen-bond acceptors (Lipinski definition) is 4. The van der Waals surface area contributed by atoms with Gasteiger partial charge in [-0.25, -0.2) is 4.98 Å². The van der Waals surface area contributed by atoms with Gasteiger partial charge in [-0.1, -0.05) is 18.2 Å². The zero-order chi connectivity index (χ0) is 13.8. The van der Waals surface area contributed by atoms with E-state index < -0.39 is 6.10 Å². The summed E-state index contributed by atoms with van der Waals surface area (Å²) in [5, 5.41) is 9.48. The Labute approximate surface area is 113 Å². The summed E-state index contributed by atoms with van der Waals surface area (Å²) in [6, 6.07) is 11.5. The number of aliphatic hydroxyl groups is 1. The van der Waals surface area contributed by atoms with E-state index >= 15 is 0 Å². The average Bonchev–Trinajstić information content (AvgIpc) is 2.46. The molecule has 0 saturated heterocycles. The van der Waals surface area contributed by atoms with Crippen LogP contribution in [0.25, 0.3) is 0 Å². The Balaban J connectivity index is 2.30. The minimum absolute atomic E-state index is 0.502. The number of pyridine rings is 1. The van der Waals surface area contributed by atoms with Crippen molar-refractivity contribution in [3.8, 4) is 5.75 Å². The maximum Gasteiger partial charge on any atom is 0.142 e. The molecular weight excluding hydrogens is 240 g/mol. The van der Waals surface area contributed by atoms with Crippen molar-refractivity contribution in [1.29, 1.82) is 0 Å². The van der Waals surface area contributed by atoms with Crippen LogP contribution in [-0.4, -0.2) is 24.2 Å². The Kier molecular flexibility index (Phi) is 4.02. The number of aliphatic hydroxyl groups excluding tert-OH is 1. The van der Waals surface area contributed by atoms with Gasteiger partial charge < -0.3 is 14.7 Å². The second-order valence-electron chi connectivity index (χ2n) is 4.36. The molecule has 0 bridgehead atoms. The first-order valence-corrected chi connectivity index (χ1v) is 6.14.